The lowest BCUT2D eigenvalue weighted by Gasteiger charge is -2.19. The van der Waals surface area contributed by atoms with Crippen molar-refractivity contribution in [2.24, 2.45) is 0 Å². The van der Waals surface area contributed by atoms with Crippen LogP contribution in [0.15, 0.2) is 49.1 Å². The van der Waals surface area contributed by atoms with Crippen molar-refractivity contribution in [2.75, 3.05) is 11.4 Å². The Labute approximate surface area is 137 Å². The maximum absolute atomic E-state index is 12.4. The number of aromatic nitrogens is 4. The first-order valence-corrected chi connectivity index (χ1v) is 7.69. The molecule has 1 saturated heterocycles. The molecule has 1 aliphatic rings. The van der Waals surface area contributed by atoms with Gasteiger partial charge in [0, 0.05) is 37.8 Å². The third-order valence-corrected chi connectivity index (χ3v) is 4.34. The van der Waals surface area contributed by atoms with Gasteiger partial charge in [0.1, 0.15) is 0 Å². The fourth-order valence-corrected chi connectivity index (χ4v) is 3.19. The van der Waals surface area contributed by atoms with E-state index >= 15 is 0 Å². The second-order valence-electron chi connectivity index (χ2n) is 5.41. The summed E-state index contributed by atoms with van der Waals surface area (Å²) in [6.07, 6.45) is 7.45. The highest BCUT2D eigenvalue weighted by atomic mass is 35.5. The maximum Gasteiger partial charge on any atom is 0.229 e. The topological polar surface area (TPSA) is 66.8 Å². The second kappa shape index (κ2) is 5.55. The van der Waals surface area contributed by atoms with Gasteiger partial charge in [0.25, 0.3) is 0 Å². The van der Waals surface area contributed by atoms with Crippen LogP contribution in [-0.4, -0.2) is 32.0 Å². The second-order valence-corrected chi connectivity index (χ2v) is 5.82. The van der Waals surface area contributed by atoms with E-state index in [9.17, 15) is 4.79 Å². The van der Waals surface area contributed by atoms with Crippen molar-refractivity contribution in [3.05, 3.63) is 54.1 Å². The molecule has 4 rings (SSSR count). The highest BCUT2D eigenvalue weighted by Gasteiger charge is 2.33. The van der Waals surface area contributed by atoms with E-state index in [2.05, 4.69) is 15.0 Å². The largest absolute Gasteiger partial charge is 0.342 e. The molecular weight excluding hydrogens is 314 g/mol. The van der Waals surface area contributed by atoms with Crippen molar-refractivity contribution in [1.29, 1.82) is 0 Å². The van der Waals surface area contributed by atoms with E-state index in [0.29, 0.717) is 23.8 Å². The van der Waals surface area contributed by atoms with Crippen LogP contribution in [0, 0.1) is 0 Å². The predicted octanol–water partition coefficient (Wildman–Crippen LogP) is 2.90. The van der Waals surface area contributed by atoms with Gasteiger partial charge in [-0.25, -0.2) is 9.97 Å². The van der Waals surface area contributed by atoms with E-state index in [1.807, 2.05) is 29.0 Å². The molecule has 1 aromatic carbocycles. The van der Waals surface area contributed by atoms with Gasteiger partial charge in [0.05, 0.1) is 16.8 Å². The van der Waals surface area contributed by atoms with Gasteiger partial charge in [-0.2, -0.15) is 0 Å². The van der Waals surface area contributed by atoms with Gasteiger partial charge in [-0.3, -0.25) is 4.79 Å². The van der Waals surface area contributed by atoms with Gasteiger partial charge in [0.15, 0.2) is 11.6 Å². The fourth-order valence-electron chi connectivity index (χ4n) is 2.96. The molecule has 0 bridgehead atoms. The Kier molecular flexibility index (Phi) is 3.38. The van der Waals surface area contributed by atoms with E-state index in [1.165, 1.54) is 0 Å². The van der Waals surface area contributed by atoms with Gasteiger partial charge in [-0.1, -0.05) is 23.7 Å². The summed E-state index contributed by atoms with van der Waals surface area (Å²) in [5.74, 6) is 1.48. The minimum absolute atomic E-state index is 0.00127. The Morgan fingerprint density at radius 3 is 2.87 bits per heavy atom. The number of benzene rings is 1. The normalized spacial score (nSPS) is 17.9. The molecule has 6 nitrogen and oxygen atoms in total. The molecule has 3 aromatic rings. The lowest BCUT2D eigenvalue weighted by Crippen LogP contribution is -2.25. The number of amides is 1. The van der Waals surface area contributed by atoms with E-state index in [4.69, 9.17) is 11.6 Å². The summed E-state index contributed by atoms with van der Waals surface area (Å²) in [7, 11) is 0. The number of rotatable bonds is 3. The van der Waals surface area contributed by atoms with Crippen LogP contribution in [0.1, 0.15) is 12.5 Å². The Balaban J connectivity index is 1.65. The van der Waals surface area contributed by atoms with Gasteiger partial charge < -0.3 is 14.5 Å². The average Bonchev–Trinajstić information content (AvgIpc) is 3.27. The van der Waals surface area contributed by atoms with Crippen LogP contribution >= 0.6 is 11.6 Å². The number of H-pyrrole nitrogens is 1. The molecule has 1 unspecified atom stereocenters. The van der Waals surface area contributed by atoms with Crippen molar-refractivity contribution in [3.63, 3.8) is 0 Å². The first kappa shape index (κ1) is 14.0. The summed E-state index contributed by atoms with van der Waals surface area (Å²) in [6, 6.07) is 7.40. The number of para-hydroxylation sites is 1. The zero-order chi connectivity index (χ0) is 15.8. The number of hydrogen-bond acceptors (Lipinski definition) is 3. The number of nitrogens with zero attached hydrogens (tertiary/aromatic N) is 4. The minimum atomic E-state index is 0.00127. The van der Waals surface area contributed by atoms with Gasteiger partial charge in [-0.15, -0.1) is 0 Å². The molecule has 1 amide bonds. The molecule has 0 aliphatic carbocycles. The quantitative estimate of drug-likeness (QED) is 0.804. The molecule has 2 aromatic heterocycles. The molecule has 0 radical (unpaired) electrons. The number of imidazole rings is 2. The Morgan fingerprint density at radius 1 is 1.22 bits per heavy atom. The minimum Gasteiger partial charge on any atom is -0.342 e. The number of halogens is 1. The molecule has 1 N–H and O–H groups in total. The smallest absolute Gasteiger partial charge is 0.229 e. The monoisotopic (exact) mass is 327 g/mol. The molecule has 116 valence electrons. The Morgan fingerprint density at radius 2 is 2.09 bits per heavy atom. The molecule has 7 heteroatoms. The first-order valence-electron chi connectivity index (χ1n) is 7.31. The van der Waals surface area contributed by atoms with Crippen LogP contribution in [0.3, 0.4) is 0 Å². The number of hydrogen-bond donors (Lipinski definition) is 1. The zero-order valence-corrected chi connectivity index (χ0v) is 12.9. The fraction of sp³-hybridized carbons (Fsp3) is 0.188. The highest BCUT2D eigenvalue weighted by Crippen LogP contribution is 2.34. The van der Waals surface area contributed by atoms with Crippen LogP contribution in [0.4, 0.5) is 5.69 Å². The molecule has 0 saturated carbocycles. The average molecular weight is 328 g/mol. The van der Waals surface area contributed by atoms with Crippen LogP contribution < -0.4 is 4.90 Å². The van der Waals surface area contributed by atoms with Gasteiger partial charge in [-0.05, 0) is 12.1 Å². The first-order chi connectivity index (χ1) is 11.2. The van der Waals surface area contributed by atoms with Crippen LogP contribution in [0.2, 0.25) is 5.02 Å². The SMILES string of the molecule is O=C1CC(n2ccnc2-c2ncc[nH]2)CN1c1ccccc1Cl. The van der Waals surface area contributed by atoms with Crippen LogP contribution in [-0.2, 0) is 4.79 Å². The Hall–Kier alpha value is -2.60. The lowest BCUT2D eigenvalue weighted by atomic mass is 10.2. The molecule has 1 fully saturated rings. The lowest BCUT2D eigenvalue weighted by molar-refractivity contribution is -0.117. The van der Waals surface area contributed by atoms with Crippen LogP contribution in [0.25, 0.3) is 11.6 Å². The molecular formula is C16H14ClN5O. The zero-order valence-electron chi connectivity index (χ0n) is 12.2. The summed E-state index contributed by atoms with van der Waals surface area (Å²) in [5, 5.41) is 0.582. The van der Waals surface area contributed by atoms with Gasteiger partial charge in [0.2, 0.25) is 5.91 Å². The molecule has 1 aliphatic heterocycles. The Bertz CT molecular complexity index is 842. The summed E-state index contributed by atoms with van der Waals surface area (Å²) in [5.41, 5.74) is 0.751. The highest BCUT2D eigenvalue weighted by molar-refractivity contribution is 6.33. The van der Waals surface area contributed by atoms with Gasteiger partial charge >= 0.3 is 0 Å². The number of carbonyl (C=O) groups is 1. The summed E-state index contributed by atoms with van der Waals surface area (Å²) < 4.78 is 1.99. The van der Waals surface area contributed by atoms with Crippen molar-refractivity contribution in [1.82, 2.24) is 19.5 Å². The van der Waals surface area contributed by atoms with E-state index in [1.54, 1.807) is 29.6 Å². The number of carbonyl (C=O) groups excluding carboxylic acids is 1. The number of aromatic amines is 1. The van der Waals surface area contributed by atoms with Crippen LogP contribution in [0.5, 0.6) is 0 Å². The number of nitrogens with one attached hydrogen (secondary N) is 1. The molecule has 0 spiro atoms. The third-order valence-electron chi connectivity index (χ3n) is 4.02. The molecule has 3 heterocycles. The number of anilines is 1. The summed E-state index contributed by atoms with van der Waals surface area (Å²) >= 11 is 6.23. The maximum atomic E-state index is 12.4. The van der Waals surface area contributed by atoms with Crippen molar-refractivity contribution in [2.45, 2.75) is 12.5 Å². The van der Waals surface area contributed by atoms with Crippen molar-refractivity contribution < 1.29 is 4.79 Å². The molecule has 23 heavy (non-hydrogen) atoms. The van der Waals surface area contributed by atoms with Crippen molar-refractivity contribution in [3.8, 4) is 11.6 Å². The third kappa shape index (κ3) is 2.41. The van der Waals surface area contributed by atoms with E-state index in [-0.39, 0.29) is 11.9 Å². The molecule has 1 atom stereocenters. The van der Waals surface area contributed by atoms with Crippen molar-refractivity contribution >= 4 is 23.2 Å². The summed E-state index contributed by atoms with van der Waals surface area (Å²) in [4.78, 5) is 25.8. The van der Waals surface area contributed by atoms with E-state index in [0.717, 1.165) is 11.5 Å². The standard InChI is InChI=1S/C16H14ClN5O/c17-12-3-1-2-4-13(12)22-10-11(9-14(22)23)21-8-7-20-16(21)15-18-5-6-19-15/h1-8,11H,9-10H2,(H,18,19). The predicted molar refractivity (Wildman–Crippen MR) is 87.3 cm³/mol. The summed E-state index contributed by atoms with van der Waals surface area (Å²) in [6.45, 7) is 0.562. The van der Waals surface area contributed by atoms with E-state index < -0.39 is 0 Å².